The lowest BCUT2D eigenvalue weighted by Crippen LogP contribution is -2.52. The van der Waals surface area contributed by atoms with Crippen LogP contribution in [0.1, 0.15) is 12.8 Å². The molecule has 1 aliphatic carbocycles. The van der Waals surface area contributed by atoms with Crippen molar-refractivity contribution in [3.8, 4) is 0 Å². The van der Waals surface area contributed by atoms with Crippen LogP contribution < -0.4 is 10.7 Å². The van der Waals surface area contributed by atoms with Gasteiger partial charge < -0.3 is 14.8 Å². The minimum Gasteiger partial charge on any atom is -0.368 e. The van der Waals surface area contributed by atoms with E-state index in [0.29, 0.717) is 31.2 Å². The fourth-order valence-corrected chi connectivity index (χ4v) is 3.58. The smallest absolute Gasteiger partial charge is 0.243 e. The molecule has 0 aromatic heterocycles. The molecule has 1 aliphatic heterocycles. The molecule has 0 spiro atoms. The highest BCUT2D eigenvalue weighted by atomic mass is 35.5. The largest absolute Gasteiger partial charge is 0.368 e. The molecule has 0 saturated carbocycles. The van der Waals surface area contributed by atoms with E-state index in [1.165, 1.54) is 17.1 Å². The number of benzene rings is 1. The lowest BCUT2D eigenvalue weighted by atomic mass is 10.0. The molecule has 0 radical (unpaired) electrons. The summed E-state index contributed by atoms with van der Waals surface area (Å²) in [4.78, 5) is 16.6. The van der Waals surface area contributed by atoms with Crippen molar-refractivity contribution in [2.24, 2.45) is 5.84 Å². The van der Waals surface area contributed by atoms with Crippen LogP contribution in [0.15, 0.2) is 59.3 Å². The van der Waals surface area contributed by atoms with Gasteiger partial charge in [-0.1, -0.05) is 30.3 Å². The molecule has 5 nitrogen and oxygen atoms in total. The highest BCUT2D eigenvalue weighted by Crippen LogP contribution is 2.27. The number of rotatable bonds is 5. The number of carbonyl (C=O) groups is 1. The Morgan fingerprint density at radius 2 is 1.89 bits per heavy atom. The number of anilines is 1. The standard InChI is InChI=1S/C20H24ClFN4O/c1-15(21)18-4-2-3-5-19(18)26(23)14-20(27)25-12-10-24(11-13-25)17-8-6-16(22)7-9-17/h2,4,6-9H,1,3,5,10-14,23H2. The number of allylic oxidation sites excluding steroid dienone is 5. The van der Waals surface area contributed by atoms with Crippen molar-refractivity contribution < 1.29 is 9.18 Å². The Morgan fingerprint density at radius 3 is 2.52 bits per heavy atom. The van der Waals surface area contributed by atoms with Crippen LogP contribution in [0.25, 0.3) is 0 Å². The van der Waals surface area contributed by atoms with Gasteiger partial charge in [0.25, 0.3) is 0 Å². The molecule has 27 heavy (non-hydrogen) atoms. The molecule has 0 atom stereocenters. The lowest BCUT2D eigenvalue weighted by Gasteiger charge is -2.37. The van der Waals surface area contributed by atoms with E-state index in [-0.39, 0.29) is 18.3 Å². The van der Waals surface area contributed by atoms with Crippen LogP contribution in [0.4, 0.5) is 10.1 Å². The molecule has 3 rings (SSSR count). The van der Waals surface area contributed by atoms with Crippen LogP contribution in [0.2, 0.25) is 0 Å². The third-order valence-corrected chi connectivity index (χ3v) is 5.12. The summed E-state index contributed by atoms with van der Waals surface area (Å²) in [5, 5.41) is 1.91. The van der Waals surface area contributed by atoms with Gasteiger partial charge in [0.1, 0.15) is 12.4 Å². The molecule has 2 N–H and O–H groups in total. The van der Waals surface area contributed by atoms with Gasteiger partial charge in [-0.2, -0.15) is 0 Å². The number of hydrazine groups is 1. The Labute approximate surface area is 164 Å². The molecule has 2 aliphatic rings. The highest BCUT2D eigenvalue weighted by Gasteiger charge is 2.24. The Kier molecular flexibility index (Phi) is 6.19. The molecule has 0 bridgehead atoms. The van der Waals surface area contributed by atoms with Gasteiger partial charge in [0, 0.05) is 48.2 Å². The van der Waals surface area contributed by atoms with Crippen molar-refractivity contribution in [3.05, 3.63) is 65.1 Å². The van der Waals surface area contributed by atoms with E-state index in [1.54, 1.807) is 12.1 Å². The van der Waals surface area contributed by atoms with E-state index in [0.717, 1.165) is 29.8 Å². The van der Waals surface area contributed by atoms with Crippen LogP contribution in [0.5, 0.6) is 0 Å². The average Bonchev–Trinajstić information content (AvgIpc) is 2.68. The van der Waals surface area contributed by atoms with E-state index in [2.05, 4.69) is 11.5 Å². The summed E-state index contributed by atoms with van der Waals surface area (Å²) in [6.07, 6.45) is 5.53. The Bertz CT molecular complexity index is 767. The van der Waals surface area contributed by atoms with Gasteiger partial charge in [0.05, 0.1) is 0 Å². The van der Waals surface area contributed by atoms with Gasteiger partial charge in [0.2, 0.25) is 5.91 Å². The number of piperazine rings is 1. The maximum Gasteiger partial charge on any atom is 0.243 e. The quantitative estimate of drug-likeness (QED) is 0.620. The summed E-state index contributed by atoms with van der Waals surface area (Å²) in [5.74, 6) is 5.90. The van der Waals surface area contributed by atoms with E-state index >= 15 is 0 Å². The highest BCUT2D eigenvalue weighted by molar-refractivity contribution is 6.32. The van der Waals surface area contributed by atoms with Gasteiger partial charge in [-0.05, 0) is 37.1 Å². The van der Waals surface area contributed by atoms with E-state index in [4.69, 9.17) is 17.4 Å². The van der Waals surface area contributed by atoms with Crippen molar-refractivity contribution in [1.29, 1.82) is 0 Å². The minimum absolute atomic E-state index is 0.0159. The summed E-state index contributed by atoms with van der Waals surface area (Å²) >= 11 is 6.05. The van der Waals surface area contributed by atoms with E-state index < -0.39 is 0 Å². The molecule has 1 heterocycles. The molecular weight excluding hydrogens is 367 g/mol. The lowest BCUT2D eigenvalue weighted by molar-refractivity contribution is -0.132. The number of nitrogens with zero attached hydrogens (tertiary/aromatic N) is 3. The molecule has 7 heteroatoms. The molecule has 0 unspecified atom stereocenters. The summed E-state index contributed by atoms with van der Waals surface area (Å²) in [6, 6.07) is 6.43. The van der Waals surface area contributed by atoms with Crippen LogP contribution >= 0.6 is 11.6 Å². The molecule has 1 aromatic carbocycles. The predicted octanol–water partition coefficient (Wildman–Crippen LogP) is 3.01. The average molecular weight is 391 g/mol. The van der Waals surface area contributed by atoms with Crippen molar-refractivity contribution in [2.45, 2.75) is 12.8 Å². The maximum atomic E-state index is 13.1. The van der Waals surface area contributed by atoms with Gasteiger partial charge >= 0.3 is 0 Å². The van der Waals surface area contributed by atoms with Crippen LogP contribution in [0.3, 0.4) is 0 Å². The fourth-order valence-electron chi connectivity index (χ4n) is 3.40. The number of hydrogen-bond acceptors (Lipinski definition) is 4. The molecule has 1 amide bonds. The Balaban J connectivity index is 1.57. The van der Waals surface area contributed by atoms with Crippen LogP contribution in [-0.2, 0) is 4.79 Å². The maximum absolute atomic E-state index is 13.1. The first-order chi connectivity index (χ1) is 13.0. The minimum atomic E-state index is -0.249. The topological polar surface area (TPSA) is 52.8 Å². The number of nitrogens with two attached hydrogens (primary N) is 1. The van der Waals surface area contributed by atoms with Gasteiger partial charge in [-0.15, -0.1) is 0 Å². The summed E-state index contributed by atoms with van der Waals surface area (Å²) < 4.78 is 13.1. The third-order valence-electron chi connectivity index (χ3n) is 4.91. The molecule has 1 saturated heterocycles. The van der Waals surface area contributed by atoms with Crippen molar-refractivity contribution in [2.75, 3.05) is 37.6 Å². The number of amides is 1. The van der Waals surface area contributed by atoms with Crippen LogP contribution in [-0.4, -0.2) is 48.5 Å². The summed E-state index contributed by atoms with van der Waals surface area (Å²) in [5.41, 5.74) is 2.60. The third kappa shape index (κ3) is 4.70. The van der Waals surface area contributed by atoms with Crippen molar-refractivity contribution >= 4 is 23.2 Å². The predicted molar refractivity (Wildman–Crippen MR) is 106 cm³/mol. The Hall–Kier alpha value is -2.31. The fraction of sp³-hybridized carbons (Fsp3) is 0.350. The Morgan fingerprint density at radius 1 is 1.22 bits per heavy atom. The molecule has 144 valence electrons. The molecule has 1 fully saturated rings. The molecular formula is C20H24ClFN4O. The number of carbonyl (C=O) groups excluding carboxylic acids is 1. The monoisotopic (exact) mass is 390 g/mol. The zero-order valence-electron chi connectivity index (χ0n) is 15.2. The van der Waals surface area contributed by atoms with Crippen molar-refractivity contribution in [1.82, 2.24) is 9.91 Å². The zero-order valence-corrected chi connectivity index (χ0v) is 16.0. The first kappa shape index (κ1) is 19.5. The van der Waals surface area contributed by atoms with Gasteiger partial charge in [0.15, 0.2) is 0 Å². The second-order valence-electron chi connectivity index (χ2n) is 6.68. The second-order valence-corrected chi connectivity index (χ2v) is 7.13. The van der Waals surface area contributed by atoms with Crippen LogP contribution in [0, 0.1) is 5.82 Å². The number of hydrogen-bond donors (Lipinski definition) is 1. The number of halogens is 2. The first-order valence-corrected chi connectivity index (χ1v) is 9.38. The van der Waals surface area contributed by atoms with Gasteiger partial charge in [-0.25, -0.2) is 10.2 Å². The first-order valence-electron chi connectivity index (χ1n) is 9.00. The SMILES string of the molecule is C=C(Cl)C1=C(N(N)CC(=O)N2CCN(c3ccc(F)cc3)CC2)CCC=C1. The normalized spacial score (nSPS) is 17.3. The zero-order chi connectivity index (χ0) is 19.4. The molecule has 1 aromatic rings. The second kappa shape index (κ2) is 8.59. The van der Waals surface area contributed by atoms with E-state index in [9.17, 15) is 9.18 Å². The van der Waals surface area contributed by atoms with E-state index in [1.807, 2.05) is 17.1 Å². The van der Waals surface area contributed by atoms with Gasteiger partial charge in [-0.3, -0.25) is 4.79 Å². The summed E-state index contributed by atoms with van der Waals surface area (Å²) in [6.45, 7) is 6.51. The van der Waals surface area contributed by atoms with Crippen molar-refractivity contribution in [3.63, 3.8) is 0 Å². The summed E-state index contributed by atoms with van der Waals surface area (Å²) in [7, 11) is 0.